The SMILES string of the molecule is O=C(CCn1cc([N+](=O)[O-])cn1)N1N=CC[C@@]1(O)C(F)(F)F. The summed E-state index contributed by atoms with van der Waals surface area (Å²) in [5.74, 6) is -1.08. The number of nitrogens with zero attached hydrogens (tertiary/aromatic N) is 5. The van der Waals surface area contributed by atoms with E-state index in [1.54, 1.807) is 0 Å². The third-order valence-electron chi connectivity index (χ3n) is 3.00. The van der Waals surface area contributed by atoms with E-state index in [4.69, 9.17) is 0 Å². The number of rotatable bonds is 4. The summed E-state index contributed by atoms with van der Waals surface area (Å²) in [5.41, 5.74) is -3.67. The Labute approximate surface area is 120 Å². The molecule has 1 aliphatic rings. The van der Waals surface area contributed by atoms with Crippen LogP contribution in [0.5, 0.6) is 0 Å². The maximum atomic E-state index is 12.8. The predicted molar refractivity (Wildman–Crippen MR) is 64.5 cm³/mol. The fourth-order valence-corrected chi connectivity index (χ4v) is 1.82. The maximum Gasteiger partial charge on any atom is 0.438 e. The number of aryl methyl sites for hydroxylation is 1. The van der Waals surface area contributed by atoms with Crippen molar-refractivity contribution in [2.24, 2.45) is 5.10 Å². The van der Waals surface area contributed by atoms with E-state index in [9.17, 15) is 33.2 Å². The van der Waals surface area contributed by atoms with Gasteiger partial charge in [-0.05, 0) is 0 Å². The molecule has 0 saturated heterocycles. The van der Waals surface area contributed by atoms with Crippen molar-refractivity contribution in [3.63, 3.8) is 0 Å². The van der Waals surface area contributed by atoms with E-state index in [-0.39, 0.29) is 17.2 Å². The number of alkyl halides is 3. The molecule has 0 aliphatic carbocycles. The molecule has 0 aromatic carbocycles. The first kappa shape index (κ1) is 15.9. The summed E-state index contributed by atoms with van der Waals surface area (Å²) in [6.45, 7) is -0.188. The highest BCUT2D eigenvalue weighted by atomic mass is 19.4. The van der Waals surface area contributed by atoms with Crippen molar-refractivity contribution in [3.8, 4) is 0 Å². The minimum Gasteiger partial charge on any atom is -0.362 e. The minimum atomic E-state index is -5.05. The topological polar surface area (TPSA) is 114 Å². The number of aromatic nitrogens is 2. The normalized spacial score (nSPS) is 21.4. The van der Waals surface area contributed by atoms with Crippen LogP contribution < -0.4 is 0 Å². The smallest absolute Gasteiger partial charge is 0.362 e. The molecule has 0 bridgehead atoms. The molecule has 0 unspecified atom stereocenters. The van der Waals surface area contributed by atoms with Crippen molar-refractivity contribution >= 4 is 17.8 Å². The first-order valence-corrected chi connectivity index (χ1v) is 5.96. The van der Waals surface area contributed by atoms with Crippen LogP contribution in [0.25, 0.3) is 0 Å². The molecule has 2 heterocycles. The second-order valence-corrected chi connectivity index (χ2v) is 4.49. The van der Waals surface area contributed by atoms with Crippen LogP contribution in [-0.2, 0) is 11.3 Å². The van der Waals surface area contributed by atoms with E-state index in [1.807, 2.05) is 0 Å². The van der Waals surface area contributed by atoms with Crippen LogP contribution in [0.2, 0.25) is 0 Å². The van der Waals surface area contributed by atoms with Crippen molar-refractivity contribution in [2.75, 3.05) is 0 Å². The standard InChI is InChI=1S/C10H10F3N5O4/c11-10(12,13)9(20)2-3-14-17(9)8(19)1-4-16-6-7(5-15-16)18(21)22/h3,5-6,20H,1-2,4H2/t9-/m1/s1. The van der Waals surface area contributed by atoms with Gasteiger partial charge in [0.2, 0.25) is 5.91 Å². The lowest BCUT2D eigenvalue weighted by molar-refractivity contribution is -0.385. The molecule has 1 atom stereocenters. The highest BCUT2D eigenvalue weighted by molar-refractivity contribution is 5.80. The second-order valence-electron chi connectivity index (χ2n) is 4.49. The number of nitro groups is 1. The van der Waals surface area contributed by atoms with Gasteiger partial charge in [-0.25, -0.2) is 0 Å². The third kappa shape index (κ3) is 2.77. The Morgan fingerprint density at radius 2 is 2.23 bits per heavy atom. The Kier molecular flexibility index (Phi) is 3.87. The van der Waals surface area contributed by atoms with Gasteiger partial charge in [0.05, 0.1) is 11.5 Å². The van der Waals surface area contributed by atoms with Crippen LogP contribution in [0.3, 0.4) is 0 Å². The predicted octanol–water partition coefficient (Wildman–Crippen LogP) is 0.650. The fourth-order valence-electron chi connectivity index (χ4n) is 1.82. The van der Waals surface area contributed by atoms with Gasteiger partial charge in [-0.2, -0.15) is 28.4 Å². The Morgan fingerprint density at radius 1 is 1.55 bits per heavy atom. The molecule has 22 heavy (non-hydrogen) atoms. The maximum absolute atomic E-state index is 12.8. The Balaban J connectivity index is 2.02. The summed E-state index contributed by atoms with van der Waals surface area (Å²) in [6, 6.07) is 0. The monoisotopic (exact) mass is 321 g/mol. The largest absolute Gasteiger partial charge is 0.438 e. The third-order valence-corrected chi connectivity index (χ3v) is 3.00. The average molecular weight is 321 g/mol. The van der Waals surface area contributed by atoms with Crippen LogP contribution in [0.1, 0.15) is 12.8 Å². The molecule has 1 aromatic heterocycles. The van der Waals surface area contributed by atoms with Gasteiger partial charge in [-0.15, -0.1) is 0 Å². The second kappa shape index (κ2) is 5.36. The van der Waals surface area contributed by atoms with Gasteiger partial charge < -0.3 is 5.11 Å². The highest BCUT2D eigenvalue weighted by Crippen LogP contribution is 2.38. The minimum absolute atomic E-state index is 0.0229. The van der Waals surface area contributed by atoms with Crippen LogP contribution in [-0.4, -0.2) is 48.8 Å². The van der Waals surface area contributed by atoms with E-state index in [0.29, 0.717) is 0 Å². The van der Waals surface area contributed by atoms with Crippen molar-refractivity contribution < 1.29 is 28.0 Å². The fraction of sp³-hybridized carbons (Fsp3) is 0.500. The molecule has 0 fully saturated rings. The summed E-state index contributed by atoms with van der Waals surface area (Å²) in [7, 11) is 0. The molecule has 0 spiro atoms. The zero-order valence-electron chi connectivity index (χ0n) is 10.9. The molecular weight excluding hydrogens is 311 g/mol. The molecule has 2 rings (SSSR count). The summed E-state index contributed by atoms with van der Waals surface area (Å²) in [5, 5.41) is 26.9. The lowest BCUT2D eigenvalue weighted by Crippen LogP contribution is -2.56. The van der Waals surface area contributed by atoms with E-state index in [1.165, 1.54) is 0 Å². The highest BCUT2D eigenvalue weighted by Gasteiger charge is 2.61. The molecular formula is C10H10F3N5O4. The van der Waals surface area contributed by atoms with Gasteiger partial charge in [0.15, 0.2) is 0 Å². The first-order valence-electron chi connectivity index (χ1n) is 5.96. The van der Waals surface area contributed by atoms with Gasteiger partial charge in [-0.3, -0.25) is 19.6 Å². The number of hydrogen-bond donors (Lipinski definition) is 1. The van der Waals surface area contributed by atoms with Crippen molar-refractivity contribution in [1.29, 1.82) is 0 Å². The van der Waals surface area contributed by atoms with Crippen LogP contribution >= 0.6 is 0 Å². The Hall–Kier alpha value is -2.50. The molecule has 0 saturated carbocycles. The van der Waals surface area contributed by atoms with E-state index in [0.717, 1.165) is 23.3 Å². The molecule has 1 aliphatic heterocycles. The molecule has 9 nitrogen and oxygen atoms in total. The number of carbonyl (C=O) groups excluding carboxylic acids is 1. The van der Waals surface area contributed by atoms with Crippen LogP contribution in [0, 0.1) is 10.1 Å². The van der Waals surface area contributed by atoms with E-state index < -0.39 is 35.6 Å². The molecule has 1 amide bonds. The lowest BCUT2D eigenvalue weighted by atomic mass is 10.1. The summed E-state index contributed by atoms with van der Waals surface area (Å²) < 4.78 is 39.4. The first-order chi connectivity index (χ1) is 10.1. The number of carbonyl (C=O) groups is 1. The zero-order valence-corrected chi connectivity index (χ0v) is 10.9. The van der Waals surface area contributed by atoms with Gasteiger partial charge in [0, 0.05) is 19.1 Å². The number of amides is 1. The number of hydrogen-bond acceptors (Lipinski definition) is 6. The van der Waals surface area contributed by atoms with E-state index in [2.05, 4.69) is 10.2 Å². The Bertz CT molecular complexity index is 628. The van der Waals surface area contributed by atoms with Crippen LogP contribution in [0.15, 0.2) is 17.5 Å². The molecule has 1 aromatic rings. The molecule has 0 radical (unpaired) electrons. The zero-order chi connectivity index (χ0) is 16.5. The lowest BCUT2D eigenvalue weighted by Gasteiger charge is -2.32. The summed E-state index contributed by atoms with van der Waals surface area (Å²) in [4.78, 5) is 21.6. The van der Waals surface area contributed by atoms with Gasteiger partial charge in [0.25, 0.3) is 5.72 Å². The summed E-state index contributed by atoms with van der Waals surface area (Å²) >= 11 is 0. The van der Waals surface area contributed by atoms with Gasteiger partial charge in [0.1, 0.15) is 12.4 Å². The van der Waals surface area contributed by atoms with Crippen molar-refractivity contribution in [3.05, 3.63) is 22.5 Å². The Morgan fingerprint density at radius 3 is 2.77 bits per heavy atom. The summed E-state index contributed by atoms with van der Waals surface area (Å²) in [6.07, 6.45) is -3.58. The average Bonchev–Trinajstić information content (AvgIpc) is 3.02. The number of halogens is 3. The molecule has 12 heteroatoms. The number of aliphatic hydroxyl groups is 1. The van der Waals surface area contributed by atoms with Gasteiger partial charge in [-0.1, -0.05) is 0 Å². The van der Waals surface area contributed by atoms with E-state index >= 15 is 0 Å². The van der Waals surface area contributed by atoms with Crippen molar-refractivity contribution in [1.82, 2.24) is 14.8 Å². The van der Waals surface area contributed by atoms with Gasteiger partial charge >= 0.3 is 11.9 Å². The van der Waals surface area contributed by atoms with Crippen LogP contribution in [0.4, 0.5) is 18.9 Å². The molecule has 1 N–H and O–H groups in total. The quantitative estimate of drug-likeness (QED) is 0.646. The molecule has 120 valence electrons. The number of hydrazone groups is 1. The van der Waals surface area contributed by atoms with Crippen molar-refractivity contribution in [2.45, 2.75) is 31.3 Å².